The van der Waals surface area contributed by atoms with E-state index in [-0.39, 0.29) is 82.2 Å². The normalized spacial score (nSPS) is 17.8. The van der Waals surface area contributed by atoms with E-state index >= 15 is 0 Å². The fourth-order valence-electron chi connectivity index (χ4n) is 9.52. The van der Waals surface area contributed by atoms with Gasteiger partial charge < -0.3 is 38.1 Å². The molecule has 1 N–H and O–H groups in total. The summed E-state index contributed by atoms with van der Waals surface area (Å²) in [5, 5.41) is 2.96. The Labute approximate surface area is 538 Å². The van der Waals surface area contributed by atoms with Crippen LogP contribution in [0.5, 0.6) is 0 Å². The second-order valence-corrected chi connectivity index (χ2v) is 22.7. The van der Waals surface area contributed by atoms with Crippen LogP contribution in [0, 0.1) is 0 Å². The van der Waals surface area contributed by atoms with Crippen LogP contribution in [0.3, 0.4) is 0 Å². The van der Waals surface area contributed by atoms with Crippen molar-refractivity contribution in [1.82, 2.24) is 5.32 Å². The second-order valence-electron chi connectivity index (χ2n) is 20.7. The predicted molar refractivity (Wildman–Crippen MR) is 304 cm³/mol. The first-order valence-electron chi connectivity index (χ1n) is 29.3. The Balaban J connectivity index is 0.0000118. The number of hydrogen-bond acceptors (Lipinski definition) is 17. The van der Waals surface area contributed by atoms with Gasteiger partial charge in [0, 0.05) is 6.42 Å². The molecule has 0 bridgehead atoms. The number of nitrogens with one attached hydrogen (secondary N) is 1. The SMILES string of the molecule is CCCCCCCCCCCCC/C=C/[C@@H](OC(=O)c1ccccc1)[C@H](CO[C@H]1O[C@H](COS(=O)(=O)[O-])[C@@H](OS(=O)(=O)[O-])[C@H](OC(=O)c2ccccc2)[C@@H]1OC(=O)c1ccccc1)NC(=O)CCCCCCCCCCCCCCC.[Na+].[Na+]. The van der Waals surface area contributed by atoms with Crippen molar-refractivity contribution in [3.8, 4) is 0 Å². The zero-order valence-corrected chi connectivity index (χ0v) is 55.0. The molecule has 0 unspecified atom stereocenters. The Morgan fingerprint density at radius 2 is 0.952 bits per heavy atom. The Kier molecular flexibility index (Phi) is 40.7. The van der Waals surface area contributed by atoms with Crippen LogP contribution in [0.1, 0.15) is 212 Å². The van der Waals surface area contributed by atoms with Crippen LogP contribution >= 0.6 is 0 Å². The molecule has 0 saturated carbocycles. The maximum atomic E-state index is 14.0. The minimum atomic E-state index is -5.79. The van der Waals surface area contributed by atoms with Crippen molar-refractivity contribution in [3.63, 3.8) is 0 Å². The number of ether oxygens (including phenoxy) is 5. The van der Waals surface area contributed by atoms with Gasteiger partial charge in [0.25, 0.3) is 0 Å². The van der Waals surface area contributed by atoms with Crippen LogP contribution < -0.4 is 64.4 Å². The molecule has 3 aromatic rings. The van der Waals surface area contributed by atoms with Gasteiger partial charge in [0.2, 0.25) is 26.7 Å². The van der Waals surface area contributed by atoms with Gasteiger partial charge in [-0.1, -0.05) is 216 Å². The number of allylic oxidation sites excluding steroid dienone is 1. The molecule has 1 heterocycles. The van der Waals surface area contributed by atoms with Gasteiger partial charge in [0.05, 0.1) is 35.9 Å². The summed E-state index contributed by atoms with van der Waals surface area (Å²) in [4.78, 5) is 55.7. The Morgan fingerprint density at radius 1 is 0.542 bits per heavy atom. The monoisotopic (exact) mass is 1220 g/mol. The van der Waals surface area contributed by atoms with Gasteiger partial charge in [-0.15, -0.1) is 0 Å². The first-order valence-corrected chi connectivity index (χ1v) is 32.0. The molecule has 1 saturated heterocycles. The summed E-state index contributed by atoms with van der Waals surface area (Å²) in [6, 6.07) is 21.7. The van der Waals surface area contributed by atoms with Gasteiger partial charge in [-0.05, 0) is 61.7 Å². The van der Waals surface area contributed by atoms with E-state index in [2.05, 4.69) is 23.3 Å². The van der Waals surface area contributed by atoms with E-state index in [9.17, 15) is 45.1 Å². The van der Waals surface area contributed by atoms with E-state index < -0.39 is 101 Å². The van der Waals surface area contributed by atoms with Crippen molar-refractivity contribution < 1.29 is 136 Å². The molecule has 1 aliphatic heterocycles. The number of unbranched alkanes of at least 4 members (excludes halogenated alkanes) is 23. The Bertz CT molecular complexity index is 2500. The van der Waals surface area contributed by atoms with E-state index in [1.54, 1.807) is 48.5 Å². The number of benzene rings is 3. The molecule has 4 rings (SSSR count). The van der Waals surface area contributed by atoms with Crippen LogP contribution in [0.15, 0.2) is 103 Å². The minimum absolute atomic E-state index is 0. The van der Waals surface area contributed by atoms with Gasteiger partial charge in [0.15, 0.2) is 18.5 Å². The van der Waals surface area contributed by atoms with E-state index in [0.717, 1.165) is 57.8 Å². The van der Waals surface area contributed by atoms with Crippen LogP contribution in [0.25, 0.3) is 0 Å². The van der Waals surface area contributed by atoms with Gasteiger partial charge >= 0.3 is 77.0 Å². The van der Waals surface area contributed by atoms with Crippen molar-refractivity contribution in [3.05, 3.63) is 120 Å². The molecule has 1 amide bonds. The Hall–Kier alpha value is -3.06. The summed E-state index contributed by atoms with van der Waals surface area (Å²) in [5.41, 5.74) is 0.0687. The van der Waals surface area contributed by atoms with Crippen molar-refractivity contribution in [2.45, 2.75) is 224 Å². The molecule has 0 spiro atoms. The molecule has 22 heteroatoms. The number of carbonyl (C=O) groups excluding carboxylic acids is 4. The average Bonchev–Trinajstić information content (AvgIpc) is 3.60. The van der Waals surface area contributed by atoms with Gasteiger partial charge in [-0.3, -0.25) is 13.2 Å². The summed E-state index contributed by atoms with van der Waals surface area (Å²) in [5.74, 6) is -3.38. The number of esters is 3. The Morgan fingerprint density at radius 3 is 1.39 bits per heavy atom. The third kappa shape index (κ3) is 33.0. The summed E-state index contributed by atoms with van der Waals surface area (Å²) in [6.07, 6.45) is 19.3. The molecule has 452 valence electrons. The second kappa shape index (κ2) is 44.4. The molecular weight excluding hydrogens is 1130 g/mol. The van der Waals surface area contributed by atoms with Crippen LogP contribution in [-0.2, 0) is 57.6 Å². The van der Waals surface area contributed by atoms with Gasteiger partial charge in [-0.2, -0.15) is 0 Å². The zero-order chi connectivity index (χ0) is 58.6. The fraction of sp³-hybridized carbons (Fsp3) is 0.607. The zero-order valence-electron chi connectivity index (χ0n) is 49.4. The topological polar surface area (TPSA) is 259 Å². The standard InChI is InChI=1S/C61H89NO17S2.2Na/c1-3-5-7-9-11-13-15-17-19-21-23-25-36-44-52(75-58(64)48-38-30-27-31-39-48)51(62-54(63)45-37-26-24-22-20-18-16-14-12-10-8-6-4-2)46-73-61-57(78-60(66)50-42-34-29-35-43-50)56(77-59(65)49-40-32-28-33-41-49)55(79-81(70,71)72)53(76-61)47-74-80(67,68)69;;/h27-36,38-44,51-53,55-57,61H,3-26,37,45-47H2,1-2H3,(H,62,63)(H,67,68,69)(H,70,71,72);;/q;2*+1/p-2/b44-36+;;/t51-,52+,53+,55+,56-,57-,61-;;/m0../s1. The molecule has 0 aromatic heterocycles. The van der Waals surface area contributed by atoms with E-state index in [1.165, 1.54) is 138 Å². The molecule has 3 aromatic carbocycles. The molecular formula is C61H87NNa2O17S2. The summed E-state index contributed by atoms with van der Waals surface area (Å²) < 4.78 is 112. The first-order chi connectivity index (χ1) is 39.1. The largest absolute Gasteiger partial charge is 1.00 e. The minimum Gasteiger partial charge on any atom is -0.726 e. The maximum Gasteiger partial charge on any atom is 1.00 e. The number of hydrogen-bond donors (Lipinski definition) is 1. The predicted octanol–water partition coefficient (Wildman–Crippen LogP) is 5.96. The average molecular weight is 1220 g/mol. The number of carbonyl (C=O) groups is 4. The fourth-order valence-corrected chi connectivity index (χ4v) is 10.3. The molecule has 1 fully saturated rings. The van der Waals surface area contributed by atoms with Crippen molar-refractivity contribution in [1.29, 1.82) is 0 Å². The van der Waals surface area contributed by atoms with Crippen LogP contribution in [0.4, 0.5) is 0 Å². The van der Waals surface area contributed by atoms with Gasteiger partial charge in [-0.25, -0.2) is 31.2 Å². The van der Waals surface area contributed by atoms with Crippen molar-refractivity contribution in [2.24, 2.45) is 0 Å². The van der Waals surface area contributed by atoms with Gasteiger partial charge in [0.1, 0.15) is 18.3 Å². The summed E-state index contributed by atoms with van der Waals surface area (Å²) in [6.45, 7) is 2.48. The first kappa shape index (κ1) is 76.0. The third-order valence-corrected chi connectivity index (χ3v) is 14.8. The van der Waals surface area contributed by atoms with E-state index in [4.69, 9.17) is 27.9 Å². The molecule has 0 radical (unpaired) electrons. The molecule has 0 aliphatic carbocycles. The number of rotatable bonds is 43. The van der Waals surface area contributed by atoms with Crippen LogP contribution in [0.2, 0.25) is 0 Å². The molecule has 1 aliphatic rings. The quantitative estimate of drug-likeness (QED) is 0.0130. The summed E-state index contributed by atoms with van der Waals surface area (Å²) >= 11 is 0. The smallest absolute Gasteiger partial charge is 0.726 e. The van der Waals surface area contributed by atoms with Crippen molar-refractivity contribution in [2.75, 3.05) is 13.2 Å². The maximum absolute atomic E-state index is 14.0. The van der Waals surface area contributed by atoms with Crippen LogP contribution in [-0.4, -0.2) is 106 Å². The molecule has 7 atom stereocenters. The van der Waals surface area contributed by atoms with E-state index in [0.29, 0.717) is 12.8 Å². The number of amides is 1. The van der Waals surface area contributed by atoms with Crippen molar-refractivity contribution >= 4 is 44.6 Å². The summed E-state index contributed by atoms with van der Waals surface area (Å²) in [7, 11) is -11.3. The molecule has 83 heavy (non-hydrogen) atoms. The van der Waals surface area contributed by atoms with E-state index in [1.807, 2.05) is 6.08 Å². The third-order valence-electron chi connectivity index (χ3n) is 13.9. The molecule has 18 nitrogen and oxygen atoms in total.